The van der Waals surface area contributed by atoms with E-state index in [0.29, 0.717) is 5.92 Å². The van der Waals surface area contributed by atoms with Crippen LogP contribution in [0.3, 0.4) is 0 Å². The Balaban J connectivity index is 1.49. The predicted octanol–water partition coefficient (Wildman–Crippen LogP) is 4.94. The van der Waals surface area contributed by atoms with Crippen LogP contribution in [0, 0.1) is 13.8 Å². The summed E-state index contributed by atoms with van der Waals surface area (Å²) in [5.41, 5.74) is 3.06. The number of amides is 1. The van der Waals surface area contributed by atoms with Gasteiger partial charge in [-0.1, -0.05) is 0 Å². The zero-order valence-corrected chi connectivity index (χ0v) is 16.8. The number of fused-ring (bicyclic) bond motifs is 1. The summed E-state index contributed by atoms with van der Waals surface area (Å²) < 4.78 is 5.46. The highest BCUT2D eigenvalue weighted by atomic mass is 32.1. The van der Waals surface area contributed by atoms with E-state index in [1.807, 2.05) is 36.4 Å². The van der Waals surface area contributed by atoms with Gasteiger partial charge in [-0.15, -0.1) is 11.3 Å². The second-order valence-electron chi connectivity index (χ2n) is 7.29. The SMILES string of the molecule is COc1cc2cc(C3CCN(C(=O)c4csc(C)c4)CC3)ncc2cc1C. The Bertz CT molecular complexity index is 987. The highest BCUT2D eigenvalue weighted by Gasteiger charge is 2.25. The summed E-state index contributed by atoms with van der Waals surface area (Å²) in [4.78, 5) is 20.5. The molecule has 4 nitrogen and oxygen atoms in total. The van der Waals surface area contributed by atoms with Gasteiger partial charge in [0.1, 0.15) is 5.75 Å². The van der Waals surface area contributed by atoms with Crippen LogP contribution in [0.2, 0.25) is 0 Å². The van der Waals surface area contributed by atoms with E-state index in [1.165, 1.54) is 4.88 Å². The molecule has 27 heavy (non-hydrogen) atoms. The van der Waals surface area contributed by atoms with Crippen LogP contribution in [-0.2, 0) is 0 Å². The number of likely N-dealkylation sites (tertiary alicyclic amines) is 1. The lowest BCUT2D eigenvalue weighted by Crippen LogP contribution is -2.37. The Kier molecular flexibility index (Phi) is 4.87. The third kappa shape index (κ3) is 3.56. The number of methoxy groups -OCH3 is 1. The number of rotatable bonds is 3. The number of aromatic nitrogens is 1. The fraction of sp³-hybridized carbons (Fsp3) is 0.364. The highest BCUT2D eigenvalue weighted by molar-refractivity contribution is 7.10. The van der Waals surface area contributed by atoms with E-state index >= 15 is 0 Å². The summed E-state index contributed by atoms with van der Waals surface area (Å²) >= 11 is 1.63. The van der Waals surface area contributed by atoms with Crippen LogP contribution in [0.1, 0.15) is 45.3 Å². The van der Waals surface area contributed by atoms with Gasteiger partial charge in [0.2, 0.25) is 0 Å². The van der Waals surface area contributed by atoms with Gasteiger partial charge in [0.15, 0.2) is 0 Å². The van der Waals surface area contributed by atoms with Crippen molar-refractivity contribution in [1.29, 1.82) is 0 Å². The van der Waals surface area contributed by atoms with Gasteiger partial charge in [-0.05, 0) is 61.9 Å². The Hall–Kier alpha value is -2.40. The van der Waals surface area contributed by atoms with Gasteiger partial charge in [0.25, 0.3) is 5.91 Å². The molecule has 3 heterocycles. The van der Waals surface area contributed by atoms with Crippen LogP contribution in [0.5, 0.6) is 5.75 Å². The van der Waals surface area contributed by atoms with Crippen molar-refractivity contribution in [3.8, 4) is 5.75 Å². The average molecular weight is 381 g/mol. The van der Waals surface area contributed by atoms with Crippen LogP contribution in [0.4, 0.5) is 0 Å². The lowest BCUT2D eigenvalue weighted by Gasteiger charge is -2.31. The number of hydrogen-bond donors (Lipinski definition) is 0. The fourth-order valence-corrected chi connectivity index (χ4v) is 4.54. The summed E-state index contributed by atoms with van der Waals surface area (Å²) in [5, 5.41) is 4.26. The molecule has 1 aliphatic heterocycles. The molecule has 1 amide bonds. The maximum Gasteiger partial charge on any atom is 0.254 e. The number of nitrogens with zero attached hydrogens (tertiary/aromatic N) is 2. The van der Waals surface area contributed by atoms with Crippen molar-refractivity contribution in [2.24, 2.45) is 0 Å². The molecule has 1 saturated heterocycles. The number of hydrogen-bond acceptors (Lipinski definition) is 4. The summed E-state index contributed by atoms with van der Waals surface area (Å²) in [6, 6.07) is 8.38. The maximum atomic E-state index is 12.6. The molecule has 2 aromatic heterocycles. The molecule has 140 valence electrons. The fourth-order valence-electron chi connectivity index (χ4n) is 3.86. The minimum atomic E-state index is 0.157. The van der Waals surface area contributed by atoms with Crippen molar-refractivity contribution >= 4 is 28.0 Å². The first-order valence-electron chi connectivity index (χ1n) is 9.34. The highest BCUT2D eigenvalue weighted by Crippen LogP contribution is 2.31. The first kappa shape index (κ1) is 18.0. The van der Waals surface area contributed by atoms with Crippen LogP contribution < -0.4 is 4.74 Å². The lowest BCUT2D eigenvalue weighted by atomic mass is 9.91. The molecule has 0 atom stereocenters. The van der Waals surface area contributed by atoms with E-state index in [2.05, 4.69) is 18.2 Å². The normalized spacial score (nSPS) is 15.3. The second kappa shape index (κ2) is 7.31. The number of benzene rings is 1. The Morgan fingerprint density at radius 2 is 1.93 bits per heavy atom. The van der Waals surface area contributed by atoms with Gasteiger partial charge in [0.05, 0.1) is 12.7 Å². The third-order valence-corrected chi connectivity index (χ3v) is 6.30. The number of pyridine rings is 1. The molecule has 0 aliphatic carbocycles. The van der Waals surface area contributed by atoms with E-state index in [1.54, 1.807) is 18.4 Å². The van der Waals surface area contributed by atoms with Crippen LogP contribution >= 0.6 is 11.3 Å². The summed E-state index contributed by atoms with van der Waals surface area (Å²) in [6.07, 6.45) is 3.87. The Labute approximate surface area is 163 Å². The van der Waals surface area contributed by atoms with Crippen LogP contribution in [-0.4, -0.2) is 36.0 Å². The standard InChI is InChI=1S/C22H24N2O2S/c1-14-8-18-12-23-20(10-17(18)11-21(14)26-3)16-4-6-24(7-5-16)22(25)19-9-15(2)27-13-19/h8-13,16H,4-7H2,1-3H3. The number of aryl methyl sites for hydroxylation is 2. The first-order chi connectivity index (χ1) is 13.0. The predicted molar refractivity (Wildman–Crippen MR) is 110 cm³/mol. The van der Waals surface area contributed by atoms with Crippen molar-refractivity contribution in [3.05, 3.63) is 57.5 Å². The van der Waals surface area contributed by atoms with Crippen molar-refractivity contribution in [2.75, 3.05) is 20.2 Å². The molecular formula is C22H24N2O2S. The number of ether oxygens (including phenoxy) is 1. The average Bonchev–Trinajstić information content (AvgIpc) is 3.13. The summed E-state index contributed by atoms with van der Waals surface area (Å²) in [7, 11) is 1.71. The van der Waals surface area contributed by atoms with Gasteiger partial charge in [0, 0.05) is 46.5 Å². The lowest BCUT2D eigenvalue weighted by molar-refractivity contribution is 0.0712. The van der Waals surface area contributed by atoms with Gasteiger partial charge >= 0.3 is 0 Å². The van der Waals surface area contributed by atoms with Crippen LogP contribution in [0.15, 0.2) is 35.8 Å². The van der Waals surface area contributed by atoms with Crippen LogP contribution in [0.25, 0.3) is 10.8 Å². The molecule has 5 heteroatoms. The smallest absolute Gasteiger partial charge is 0.254 e. The van der Waals surface area contributed by atoms with Crippen molar-refractivity contribution in [3.63, 3.8) is 0 Å². The Morgan fingerprint density at radius 1 is 1.15 bits per heavy atom. The zero-order valence-electron chi connectivity index (χ0n) is 16.0. The first-order valence-corrected chi connectivity index (χ1v) is 10.2. The molecule has 0 unspecified atom stereocenters. The van der Waals surface area contributed by atoms with E-state index in [-0.39, 0.29) is 5.91 Å². The molecule has 3 aromatic rings. The molecular weight excluding hydrogens is 356 g/mol. The molecule has 1 fully saturated rings. The van der Waals surface area contributed by atoms with Crippen molar-refractivity contribution in [1.82, 2.24) is 9.88 Å². The topological polar surface area (TPSA) is 42.4 Å². The largest absolute Gasteiger partial charge is 0.496 e. The molecule has 0 N–H and O–H groups in total. The number of thiophene rings is 1. The number of carbonyl (C=O) groups excluding carboxylic acids is 1. The zero-order chi connectivity index (χ0) is 19.0. The van der Waals surface area contributed by atoms with E-state index < -0.39 is 0 Å². The molecule has 0 radical (unpaired) electrons. The number of piperidine rings is 1. The monoisotopic (exact) mass is 380 g/mol. The molecule has 1 aliphatic rings. The number of carbonyl (C=O) groups is 1. The third-order valence-electron chi connectivity index (χ3n) is 5.43. The summed E-state index contributed by atoms with van der Waals surface area (Å²) in [6.45, 7) is 5.66. The quantitative estimate of drug-likeness (QED) is 0.646. The minimum Gasteiger partial charge on any atom is -0.496 e. The van der Waals surface area contributed by atoms with Gasteiger partial charge in [-0.25, -0.2) is 0 Å². The molecule has 1 aromatic carbocycles. The molecule has 0 spiro atoms. The molecule has 0 saturated carbocycles. The van der Waals surface area contributed by atoms with E-state index in [0.717, 1.165) is 59.3 Å². The van der Waals surface area contributed by atoms with E-state index in [4.69, 9.17) is 9.72 Å². The molecule has 4 rings (SSSR count). The Morgan fingerprint density at radius 3 is 2.59 bits per heavy atom. The van der Waals surface area contributed by atoms with E-state index in [9.17, 15) is 4.79 Å². The van der Waals surface area contributed by atoms with Gasteiger partial charge in [-0.2, -0.15) is 0 Å². The maximum absolute atomic E-state index is 12.6. The minimum absolute atomic E-state index is 0.157. The van der Waals surface area contributed by atoms with Gasteiger partial charge in [-0.3, -0.25) is 9.78 Å². The van der Waals surface area contributed by atoms with Crippen molar-refractivity contribution < 1.29 is 9.53 Å². The van der Waals surface area contributed by atoms with Gasteiger partial charge < -0.3 is 9.64 Å². The second-order valence-corrected chi connectivity index (χ2v) is 8.41. The van der Waals surface area contributed by atoms with Crippen molar-refractivity contribution in [2.45, 2.75) is 32.6 Å². The summed E-state index contributed by atoms with van der Waals surface area (Å²) in [5.74, 6) is 1.46. The molecule has 0 bridgehead atoms.